The molecule has 3 nitrogen and oxygen atoms in total. The van der Waals surface area contributed by atoms with Crippen LogP contribution in [0.5, 0.6) is 0 Å². The third-order valence-electron chi connectivity index (χ3n) is 4.15. The molecule has 0 aliphatic carbocycles. The minimum Gasteiger partial charge on any atom is -0.382 e. The molecule has 0 amide bonds. The largest absolute Gasteiger partial charge is 0.382 e. The van der Waals surface area contributed by atoms with E-state index < -0.39 is 5.83 Å². The maximum atomic E-state index is 13.2. The van der Waals surface area contributed by atoms with Crippen molar-refractivity contribution in [1.82, 2.24) is 5.32 Å². The van der Waals surface area contributed by atoms with E-state index in [0.29, 0.717) is 17.3 Å². The summed E-state index contributed by atoms with van der Waals surface area (Å²) in [4.78, 5) is 0. The summed E-state index contributed by atoms with van der Waals surface area (Å²) < 4.78 is 13.2. The predicted molar refractivity (Wildman–Crippen MR) is 101 cm³/mol. The van der Waals surface area contributed by atoms with E-state index in [1.807, 2.05) is 26.0 Å². The average molecular weight is 327 g/mol. The quantitative estimate of drug-likeness (QED) is 0.532. The van der Waals surface area contributed by atoms with Crippen LogP contribution in [0.4, 0.5) is 10.1 Å². The van der Waals surface area contributed by atoms with Crippen LogP contribution in [0.15, 0.2) is 54.4 Å². The van der Waals surface area contributed by atoms with Gasteiger partial charge in [0.15, 0.2) is 0 Å². The van der Waals surface area contributed by atoms with E-state index in [0.717, 1.165) is 42.7 Å². The van der Waals surface area contributed by atoms with E-state index in [4.69, 9.17) is 5.41 Å². The number of hydrogen-bond donors (Lipinski definition) is 3. The standard InChI is InChI=1S/C20H26FN3/c1-4-5-16(13-15(3)21)20(22)19-7-6-18(12-14(19)2)24-17-8-10-23-11-9-17/h4-7,12-13,17,22-24H,3,8-11H2,1-2H3/b5-4-,16-13+,22-20?. The SMILES string of the molecule is C=C(F)/C=C(\C=C/C)C(=N)c1ccc(NC2CCNCC2)cc1C. The van der Waals surface area contributed by atoms with Crippen molar-refractivity contribution in [2.24, 2.45) is 0 Å². The second-order valence-corrected chi connectivity index (χ2v) is 6.12. The Balaban J connectivity index is 2.18. The summed E-state index contributed by atoms with van der Waals surface area (Å²) in [5, 5.41) is 15.3. The Labute approximate surface area is 143 Å². The van der Waals surface area contributed by atoms with Crippen molar-refractivity contribution in [1.29, 1.82) is 5.41 Å². The first-order valence-corrected chi connectivity index (χ1v) is 8.37. The number of aryl methyl sites for hydroxylation is 1. The fourth-order valence-corrected chi connectivity index (χ4v) is 2.94. The van der Waals surface area contributed by atoms with Crippen molar-refractivity contribution in [3.63, 3.8) is 0 Å². The van der Waals surface area contributed by atoms with Crippen molar-refractivity contribution in [3.8, 4) is 0 Å². The molecule has 1 aliphatic rings. The summed E-state index contributed by atoms with van der Waals surface area (Å²) in [6.45, 7) is 9.19. The Morgan fingerprint density at radius 2 is 2.08 bits per heavy atom. The van der Waals surface area contributed by atoms with Gasteiger partial charge in [-0.15, -0.1) is 0 Å². The summed E-state index contributed by atoms with van der Waals surface area (Å²) >= 11 is 0. The molecule has 1 fully saturated rings. The van der Waals surface area contributed by atoms with E-state index in [2.05, 4.69) is 23.3 Å². The number of benzene rings is 1. The Morgan fingerprint density at radius 3 is 2.67 bits per heavy atom. The van der Waals surface area contributed by atoms with Crippen LogP contribution in [-0.2, 0) is 0 Å². The van der Waals surface area contributed by atoms with Crippen LogP contribution in [0.25, 0.3) is 0 Å². The molecule has 24 heavy (non-hydrogen) atoms. The predicted octanol–water partition coefficient (Wildman–Crippen LogP) is 4.51. The Kier molecular flexibility index (Phi) is 6.50. The first-order valence-electron chi connectivity index (χ1n) is 8.37. The van der Waals surface area contributed by atoms with Gasteiger partial charge in [0.25, 0.3) is 0 Å². The highest BCUT2D eigenvalue weighted by Gasteiger charge is 2.14. The molecule has 3 N–H and O–H groups in total. The van der Waals surface area contributed by atoms with Gasteiger partial charge in [-0.3, -0.25) is 5.41 Å². The normalized spacial score (nSPS) is 16.4. The molecule has 1 aromatic carbocycles. The van der Waals surface area contributed by atoms with Crippen molar-refractivity contribution in [2.75, 3.05) is 18.4 Å². The Hall–Kier alpha value is -2.20. The molecule has 4 heteroatoms. The number of rotatable bonds is 6. The number of anilines is 1. The van der Waals surface area contributed by atoms with Gasteiger partial charge in [-0.05, 0) is 63.6 Å². The zero-order valence-corrected chi connectivity index (χ0v) is 14.5. The summed E-state index contributed by atoms with van der Waals surface area (Å²) in [5.41, 5.74) is 3.70. The van der Waals surface area contributed by atoms with Gasteiger partial charge >= 0.3 is 0 Å². The minimum absolute atomic E-state index is 0.304. The monoisotopic (exact) mass is 327 g/mol. The lowest BCUT2D eigenvalue weighted by Crippen LogP contribution is -2.35. The molecule has 0 saturated carbocycles. The van der Waals surface area contributed by atoms with Gasteiger partial charge in [0.1, 0.15) is 5.83 Å². The van der Waals surface area contributed by atoms with Gasteiger partial charge < -0.3 is 10.6 Å². The topological polar surface area (TPSA) is 47.9 Å². The van der Waals surface area contributed by atoms with Crippen LogP contribution < -0.4 is 10.6 Å². The van der Waals surface area contributed by atoms with Crippen molar-refractivity contribution in [3.05, 3.63) is 65.5 Å². The lowest BCUT2D eigenvalue weighted by atomic mass is 9.96. The van der Waals surface area contributed by atoms with Crippen LogP contribution in [0, 0.1) is 12.3 Å². The molecule has 1 heterocycles. The number of halogens is 1. The van der Waals surface area contributed by atoms with E-state index in [1.54, 1.807) is 12.2 Å². The average Bonchev–Trinajstić information content (AvgIpc) is 2.54. The molecule has 1 aromatic rings. The fourth-order valence-electron chi connectivity index (χ4n) is 2.94. The number of piperidine rings is 1. The Bertz CT molecular complexity index is 667. The Morgan fingerprint density at radius 1 is 1.38 bits per heavy atom. The summed E-state index contributed by atoms with van der Waals surface area (Å²) in [6.07, 6.45) is 7.05. The molecule has 1 aliphatic heterocycles. The highest BCUT2D eigenvalue weighted by Crippen LogP contribution is 2.21. The van der Waals surface area contributed by atoms with Gasteiger partial charge in [-0.1, -0.05) is 24.8 Å². The maximum Gasteiger partial charge on any atom is 0.116 e. The zero-order valence-electron chi connectivity index (χ0n) is 14.5. The highest BCUT2D eigenvalue weighted by molar-refractivity contribution is 6.13. The minimum atomic E-state index is -0.547. The lowest BCUT2D eigenvalue weighted by molar-refractivity contribution is 0.479. The van der Waals surface area contributed by atoms with Crippen molar-refractivity contribution < 1.29 is 4.39 Å². The number of allylic oxidation sites excluding steroid dienone is 5. The third kappa shape index (κ3) is 4.90. The smallest absolute Gasteiger partial charge is 0.116 e. The van der Waals surface area contributed by atoms with Gasteiger partial charge in [0, 0.05) is 22.9 Å². The van der Waals surface area contributed by atoms with Crippen LogP contribution in [-0.4, -0.2) is 24.8 Å². The van der Waals surface area contributed by atoms with Gasteiger partial charge in [-0.2, -0.15) is 0 Å². The van der Waals surface area contributed by atoms with Gasteiger partial charge in [-0.25, -0.2) is 4.39 Å². The molecule has 128 valence electrons. The first kappa shape index (κ1) is 18.1. The molecule has 0 unspecified atom stereocenters. The number of hydrogen-bond acceptors (Lipinski definition) is 3. The van der Waals surface area contributed by atoms with E-state index in [9.17, 15) is 4.39 Å². The first-order chi connectivity index (χ1) is 11.5. The zero-order chi connectivity index (χ0) is 17.5. The molecular formula is C20H26FN3. The summed E-state index contributed by atoms with van der Waals surface area (Å²) in [7, 11) is 0. The molecule has 2 rings (SSSR count). The second kappa shape index (κ2) is 8.60. The third-order valence-corrected chi connectivity index (χ3v) is 4.15. The van der Waals surface area contributed by atoms with Gasteiger partial charge in [0.05, 0.1) is 5.71 Å². The van der Waals surface area contributed by atoms with Crippen LogP contribution in [0.3, 0.4) is 0 Å². The highest BCUT2D eigenvalue weighted by atomic mass is 19.1. The second-order valence-electron chi connectivity index (χ2n) is 6.12. The van der Waals surface area contributed by atoms with Crippen molar-refractivity contribution >= 4 is 11.4 Å². The van der Waals surface area contributed by atoms with E-state index in [-0.39, 0.29) is 0 Å². The van der Waals surface area contributed by atoms with Crippen LogP contribution >= 0.6 is 0 Å². The molecule has 0 atom stereocenters. The van der Waals surface area contributed by atoms with E-state index in [1.165, 1.54) is 6.08 Å². The van der Waals surface area contributed by atoms with Crippen LogP contribution in [0.2, 0.25) is 0 Å². The summed E-state index contributed by atoms with van der Waals surface area (Å²) in [5.74, 6) is -0.547. The van der Waals surface area contributed by atoms with Crippen molar-refractivity contribution in [2.45, 2.75) is 32.7 Å². The van der Waals surface area contributed by atoms with E-state index >= 15 is 0 Å². The molecule has 0 bridgehead atoms. The molecule has 1 saturated heterocycles. The van der Waals surface area contributed by atoms with Crippen LogP contribution in [0.1, 0.15) is 30.9 Å². The molecular weight excluding hydrogens is 301 g/mol. The molecule has 0 aromatic heterocycles. The molecule has 0 radical (unpaired) electrons. The van der Waals surface area contributed by atoms with Gasteiger partial charge in [0.2, 0.25) is 0 Å². The lowest BCUT2D eigenvalue weighted by Gasteiger charge is -2.25. The molecule has 0 spiro atoms. The number of nitrogens with one attached hydrogen (secondary N) is 3. The maximum absolute atomic E-state index is 13.2. The fraction of sp³-hybridized carbons (Fsp3) is 0.350. The summed E-state index contributed by atoms with van der Waals surface area (Å²) in [6, 6.07) is 6.48.